The Morgan fingerprint density at radius 3 is 2.76 bits per heavy atom. The Labute approximate surface area is 129 Å². The third-order valence-electron chi connectivity index (χ3n) is 3.35. The van der Waals surface area contributed by atoms with Crippen molar-refractivity contribution in [3.8, 4) is 0 Å². The second-order valence-corrected chi connectivity index (χ2v) is 6.30. The fourth-order valence-electron chi connectivity index (χ4n) is 2.16. The van der Waals surface area contributed by atoms with Crippen LogP contribution in [0.1, 0.15) is 38.6 Å². The summed E-state index contributed by atoms with van der Waals surface area (Å²) >= 11 is 1.44. The molecule has 7 heteroatoms. The molecule has 21 heavy (non-hydrogen) atoms. The summed E-state index contributed by atoms with van der Waals surface area (Å²) in [6, 6.07) is 0.467. The third-order valence-corrected chi connectivity index (χ3v) is 4.28. The number of nitrogens with zero attached hydrogens (tertiary/aromatic N) is 4. The van der Waals surface area contributed by atoms with Gasteiger partial charge >= 0.3 is 0 Å². The van der Waals surface area contributed by atoms with Gasteiger partial charge < -0.3 is 15.2 Å². The number of nitrogens with two attached hydrogens (primary N) is 1. The van der Waals surface area contributed by atoms with Crippen LogP contribution in [-0.2, 0) is 11.3 Å². The minimum absolute atomic E-state index is 0.102. The maximum absolute atomic E-state index is 12.2. The molecule has 1 heterocycles. The van der Waals surface area contributed by atoms with E-state index in [0.717, 1.165) is 29.4 Å². The van der Waals surface area contributed by atoms with Gasteiger partial charge in [0.25, 0.3) is 0 Å². The number of rotatable bonds is 8. The zero-order valence-electron chi connectivity index (χ0n) is 12.7. The van der Waals surface area contributed by atoms with Crippen molar-refractivity contribution in [2.24, 2.45) is 5.73 Å². The summed E-state index contributed by atoms with van der Waals surface area (Å²) < 4.78 is 2.09. The first-order valence-electron chi connectivity index (χ1n) is 7.25. The quantitative estimate of drug-likeness (QED) is 0.583. The molecular formula is C14H23N5OS. The minimum atomic E-state index is 0.102. The van der Waals surface area contributed by atoms with E-state index in [1.807, 2.05) is 13.8 Å². The second-order valence-electron chi connectivity index (χ2n) is 5.36. The van der Waals surface area contributed by atoms with Crippen molar-refractivity contribution in [3.05, 3.63) is 18.0 Å². The molecular weight excluding hydrogens is 286 g/mol. The van der Waals surface area contributed by atoms with Crippen LogP contribution in [0, 0.1) is 0 Å². The summed E-state index contributed by atoms with van der Waals surface area (Å²) in [5.74, 6) is 1.28. The van der Waals surface area contributed by atoms with Crippen molar-refractivity contribution in [2.75, 3.05) is 18.8 Å². The van der Waals surface area contributed by atoms with E-state index in [1.165, 1.54) is 11.8 Å². The van der Waals surface area contributed by atoms with Crippen LogP contribution in [0.5, 0.6) is 0 Å². The van der Waals surface area contributed by atoms with Gasteiger partial charge in [-0.25, -0.2) is 0 Å². The first-order chi connectivity index (χ1) is 10.1. The molecule has 1 aliphatic rings. The first-order valence-corrected chi connectivity index (χ1v) is 8.24. The van der Waals surface area contributed by atoms with Crippen LogP contribution in [0.2, 0.25) is 0 Å². The number of amides is 1. The van der Waals surface area contributed by atoms with Crippen LogP contribution in [-0.4, -0.2) is 44.4 Å². The summed E-state index contributed by atoms with van der Waals surface area (Å²) in [5.41, 5.74) is 6.68. The molecule has 1 saturated carbocycles. The van der Waals surface area contributed by atoms with Gasteiger partial charge in [-0.2, -0.15) is 0 Å². The zero-order valence-corrected chi connectivity index (χ0v) is 13.5. The van der Waals surface area contributed by atoms with Gasteiger partial charge in [-0.3, -0.25) is 4.79 Å². The first kappa shape index (κ1) is 16.0. The highest BCUT2D eigenvalue weighted by molar-refractivity contribution is 7.99. The van der Waals surface area contributed by atoms with E-state index in [2.05, 4.69) is 21.3 Å². The number of carbonyl (C=O) groups is 1. The minimum Gasteiger partial charge on any atom is -0.338 e. The molecule has 2 rings (SSSR count). The van der Waals surface area contributed by atoms with Crippen molar-refractivity contribution in [2.45, 2.75) is 44.4 Å². The molecule has 1 amide bonds. The maximum atomic E-state index is 12.2. The van der Waals surface area contributed by atoms with E-state index in [9.17, 15) is 4.79 Å². The molecule has 116 valence electrons. The Morgan fingerprint density at radius 2 is 2.24 bits per heavy atom. The maximum Gasteiger partial charge on any atom is 0.233 e. The molecule has 0 saturated heterocycles. The molecule has 0 aromatic carbocycles. The lowest BCUT2D eigenvalue weighted by Crippen LogP contribution is -2.33. The molecule has 0 unspecified atom stereocenters. The number of thioether (sulfide) groups is 1. The summed E-state index contributed by atoms with van der Waals surface area (Å²) in [6.07, 6.45) is 2.28. The number of aromatic nitrogens is 3. The summed E-state index contributed by atoms with van der Waals surface area (Å²) in [6.45, 7) is 9.45. The second kappa shape index (κ2) is 7.09. The van der Waals surface area contributed by atoms with Crippen molar-refractivity contribution >= 4 is 17.7 Å². The molecule has 1 aromatic rings. The summed E-state index contributed by atoms with van der Waals surface area (Å²) in [7, 11) is 0. The summed E-state index contributed by atoms with van der Waals surface area (Å²) in [4.78, 5) is 14.0. The SMILES string of the molecule is C=C(C)CN(CC)C(=O)CSc1nnc(CN)n1C1CC1. The normalized spacial score (nSPS) is 14.2. The highest BCUT2D eigenvalue weighted by Gasteiger charge is 2.29. The molecule has 0 aliphatic heterocycles. The predicted molar refractivity (Wildman–Crippen MR) is 84.0 cm³/mol. The van der Waals surface area contributed by atoms with Gasteiger partial charge in [0.05, 0.1) is 12.3 Å². The molecule has 2 N–H and O–H groups in total. The van der Waals surface area contributed by atoms with Gasteiger partial charge in [-0.05, 0) is 26.7 Å². The molecule has 1 aliphatic carbocycles. The lowest BCUT2D eigenvalue weighted by Gasteiger charge is -2.20. The third kappa shape index (κ3) is 4.07. The largest absolute Gasteiger partial charge is 0.338 e. The van der Waals surface area contributed by atoms with Gasteiger partial charge in [-0.15, -0.1) is 10.2 Å². The van der Waals surface area contributed by atoms with Gasteiger partial charge in [0.2, 0.25) is 5.91 Å². The predicted octanol–water partition coefficient (Wildman–Crippen LogP) is 1.59. The van der Waals surface area contributed by atoms with E-state index >= 15 is 0 Å². The lowest BCUT2D eigenvalue weighted by molar-refractivity contribution is -0.127. The van der Waals surface area contributed by atoms with Crippen LogP contribution in [0.25, 0.3) is 0 Å². The highest BCUT2D eigenvalue weighted by Crippen LogP contribution is 2.38. The van der Waals surface area contributed by atoms with Crippen LogP contribution >= 0.6 is 11.8 Å². The van der Waals surface area contributed by atoms with Crippen molar-refractivity contribution in [3.63, 3.8) is 0 Å². The van der Waals surface area contributed by atoms with E-state index in [0.29, 0.717) is 31.4 Å². The molecule has 6 nitrogen and oxygen atoms in total. The smallest absolute Gasteiger partial charge is 0.233 e. The molecule has 1 aromatic heterocycles. The monoisotopic (exact) mass is 309 g/mol. The summed E-state index contributed by atoms with van der Waals surface area (Å²) in [5, 5.41) is 9.09. The van der Waals surface area contributed by atoms with Crippen LogP contribution in [0.4, 0.5) is 0 Å². The fraction of sp³-hybridized carbons (Fsp3) is 0.643. The zero-order chi connectivity index (χ0) is 15.4. The number of hydrogen-bond acceptors (Lipinski definition) is 5. The number of hydrogen-bond donors (Lipinski definition) is 1. The lowest BCUT2D eigenvalue weighted by atomic mass is 10.3. The van der Waals surface area contributed by atoms with E-state index in [4.69, 9.17) is 5.73 Å². The standard InChI is InChI=1S/C14H23N5OS/c1-4-18(8-10(2)3)13(20)9-21-14-17-16-12(7-15)19(14)11-5-6-11/h11H,2,4-9,15H2,1,3H3. The van der Waals surface area contributed by atoms with Crippen molar-refractivity contribution in [1.82, 2.24) is 19.7 Å². The number of likely N-dealkylation sites (N-methyl/N-ethyl adjacent to an activating group) is 1. The van der Waals surface area contributed by atoms with Gasteiger partial charge in [-0.1, -0.05) is 23.9 Å². The van der Waals surface area contributed by atoms with Gasteiger partial charge in [0.1, 0.15) is 5.82 Å². The topological polar surface area (TPSA) is 77.0 Å². The van der Waals surface area contributed by atoms with E-state index in [-0.39, 0.29) is 5.91 Å². The van der Waals surface area contributed by atoms with Crippen molar-refractivity contribution in [1.29, 1.82) is 0 Å². The molecule has 0 bridgehead atoms. The van der Waals surface area contributed by atoms with Gasteiger partial charge in [0.15, 0.2) is 5.16 Å². The molecule has 0 atom stereocenters. The Morgan fingerprint density at radius 1 is 1.52 bits per heavy atom. The number of carbonyl (C=O) groups excluding carboxylic acids is 1. The van der Waals surface area contributed by atoms with Gasteiger partial charge in [0, 0.05) is 19.1 Å². The van der Waals surface area contributed by atoms with Crippen LogP contribution in [0.15, 0.2) is 17.3 Å². The van der Waals surface area contributed by atoms with Crippen molar-refractivity contribution < 1.29 is 4.79 Å². The average molecular weight is 309 g/mol. The molecule has 0 radical (unpaired) electrons. The Bertz CT molecular complexity index is 523. The Balaban J connectivity index is 1.97. The highest BCUT2D eigenvalue weighted by atomic mass is 32.2. The van der Waals surface area contributed by atoms with Crippen LogP contribution in [0.3, 0.4) is 0 Å². The molecule has 1 fully saturated rings. The van der Waals surface area contributed by atoms with Crippen LogP contribution < -0.4 is 5.73 Å². The Hall–Kier alpha value is -1.34. The molecule has 0 spiro atoms. The van der Waals surface area contributed by atoms with E-state index in [1.54, 1.807) is 4.90 Å². The fourth-order valence-corrected chi connectivity index (χ4v) is 3.09. The average Bonchev–Trinajstić information content (AvgIpc) is 3.21. The Kier molecular flexibility index (Phi) is 5.41. The van der Waals surface area contributed by atoms with E-state index < -0.39 is 0 Å².